The van der Waals surface area contributed by atoms with E-state index in [4.69, 9.17) is 5.41 Å². The zero-order valence-electron chi connectivity index (χ0n) is 15.3. The number of benzene rings is 3. The lowest BCUT2D eigenvalue weighted by Gasteiger charge is -2.14. The fourth-order valence-electron chi connectivity index (χ4n) is 2.95. The number of thioether (sulfide) groups is 1. The minimum Gasteiger partial charge on any atom is -0.380 e. The van der Waals surface area contributed by atoms with E-state index in [1.165, 1.54) is 35.2 Å². The summed E-state index contributed by atoms with van der Waals surface area (Å²) in [6.45, 7) is 2.74. The maximum atomic E-state index is 14.6. The van der Waals surface area contributed by atoms with Gasteiger partial charge in [0.25, 0.3) is 0 Å². The number of nitrogens with one attached hydrogen (secondary N) is 2. The first kappa shape index (κ1) is 19.2. The van der Waals surface area contributed by atoms with Gasteiger partial charge in [0, 0.05) is 34.7 Å². The molecule has 0 aromatic heterocycles. The Bertz CT molecular complexity index is 910. The molecule has 0 aliphatic carbocycles. The van der Waals surface area contributed by atoms with E-state index in [-0.39, 0.29) is 5.82 Å². The van der Waals surface area contributed by atoms with Gasteiger partial charge >= 0.3 is 0 Å². The van der Waals surface area contributed by atoms with Crippen LogP contribution in [0, 0.1) is 11.2 Å². The molecule has 0 aliphatic rings. The number of halogens is 1. The van der Waals surface area contributed by atoms with E-state index in [1.54, 1.807) is 6.07 Å². The first-order valence-electron chi connectivity index (χ1n) is 9.02. The van der Waals surface area contributed by atoms with Crippen molar-refractivity contribution in [2.75, 3.05) is 5.32 Å². The predicted molar refractivity (Wildman–Crippen MR) is 113 cm³/mol. The zero-order chi connectivity index (χ0) is 19.1. The van der Waals surface area contributed by atoms with Crippen LogP contribution in [0.1, 0.15) is 29.2 Å². The Morgan fingerprint density at radius 1 is 1.00 bits per heavy atom. The monoisotopic (exact) mass is 378 g/mol. The third kappa shape index (κ3) is 4.98. The summed E-state index contributed by atoms with van der Waals surface area (Å²) in [4.78, 5) is 0.567. The number of hydrogen-bond acceptors (Lipinski definition) is 3. The lowest BCUT2D eigenvalue weighted by molar-refractivity contribution is 0.602. The van der Waals surface area contributed by atoms with Crippen LogP contribution in [0.3, 0.4) is 0 Å². The smallest absolute Gasteiger partial charge is 0.138 e. The molecule has 0 aliphatic heterocycles. The van der Waals surface area contributed by atoms with Crippen LogP contribution in [0.25, 0.3) is 0 Å². The molecule has 0 radical (unpaired) electrons. The summed E-state index contributed by atoms with van der Waals surface area (Å²) in [5, 5.41) is 11.0. The van der Waals surface area contributed by atoms with Crippen molar-refractivity contribution in [3.63, 3.8) is 0 Å². The van der Waals surface area contributed by atoms with Crippen molar-refractivity contribution in [3.8, 4) is 0 Å². The highest BCUT2D eigenvalue weighted by Crippen LogP contribution is 2.30. The lowest BCUT2D eigenvalue weighted by Crippen LogP contribution is -2.05. The van der Waals surface area contributed by atoms with Crippen molar-refractivity contribution < 1.29 is 4.39 Å². The molecule has 0 bridgehead atoms. The van der Waals surface area contributed by atoms with E-state index in [0.29, 0.717) is 28.4 Å². The van der Waals surface area contributed by atoms with Gasteiger partial charge in [0.05, 0.1) is 0 Å². The van der Waals surface area contributed by atoms with Crippen molar-refractivity contribution in [2.24, 2.45) is 0 Å². The van der Waals surface area contributed by atoms with E-state index in [2.05, 4.69) is 24.4 Å². The molecule has 138 valence electrons. The highest BCUT2D eigenvalue weighted by molar-refractivity contribution is 7.98. The van der Waals surface area contributed by atoms with Crippen LogP contribution >= 0.6 is 11.8 Å². The molecule has 0 saturated carbocycles. The Hall–Kier alpha value is -2.59. The van der Waals surface area contributed by atoms with Crippen LogP contribution < -0.4 is 5.32 Å². The second-order valence-corrected chi connectivity index (χ2v) is 7.28. The molecule has 0 saturated heterocycles. The second-order valence-electron chi connectivity index (χ2n) is 6.26. The molecule has 3 aromatic carbocycles. The molecule has 2 nitrogen and oxygen atoms in total. The van der Waals surface area contributed by atoms with E-state index >= 15 is 0 Å². The topological polar surface area (TPSA) is 35.9 Å². The summed E-state index contributed by atoms with van der Waals surface area (Å²) in [6, 6.07) is 21.5. The fourth-order valence-corrected chi connectivity index (χ4v) is 3.87. The van der Waals surface area contributed by atoms with Gasteiger partial charge in [-0.3, -0.25) is 0 Å². The normalized spacial score (nSPS) is 10.6. The summed E-state index contributed by atoms with van der Waals surface area (Å²) in [5.74, 6) is 0.444. The quantitative estimate of drug-likeness (QED) is 0.357. The van der Waals surface area contributed by atoms with Crippen molar-refractivity contribution in [1.29, 1.82) is 5.41 Å². The molecular weight excluding hydrogens is 355 g/mol. The molecule has 2 N–H and O–H groups in total. The molecule has 27 heavy (non-hydrogen) atoms. The molecule has 4 heteroatoms. The average molecular weight is 379 g/mol. The minimum absolute atomic E-state index is 0.257. The zero-order valence-corrected chi connectivity index (χ0v) is 16.2. The molecule has 3 rings (SSSR count). The van der Waals surface area contributed by atoms with E-state index in [9.17, 15) is 4.39 Å². The minimum atomic E-state index is -0.257. The van der Waals surface area contributed by atoms with Crippen molar-refractivity contribution in [2.45, 2.75) is 30.5 Å². The van der Waals surface area contributed by atoms with Crippen LogP contribution in [0.15, 0.2) is 71.6 Å². The van der Waals surface area contributed by atoms with Crippen molar-refractivity contribution in [1.82, 2.24) is 0 Å². The summed E-state index contributed by atoms with van der Waals surface area (Å²) in [7, 11) is 0. The van der Waals surface area contributed by atoms with Crippen molar-refractivity contribution in [3.05, 3.63) is 94.8 Å². The highest BCUT2D eigenvalue weighted by atomic mass is 32.2. The number of hydrogen-bond donors (Lipinski definition) is 2. The summed E-state index contributed by atoms with van der Waals surface area (Å²) in [5.41, 5.74) is 4.96. The molecule has 0 fully saturated rings. The standard InChI is InChI=1S/C23H23FN2S/c1-2-18-10-6-7-11-19(18)15-26-22-13-21(24)23(12-20(22)14-25)27-16-17-8-4-3-5-9-17/h3-14,25-26H,2,15-16H2,1H3. The Balaban J connectivity index is 1.74. The first-order chi connectivity index (χ1) is 13.2. The van der Waals surface area contributed by atoms with Gasteiger partial charge in [0.1, 0.15) is 5.82 Å². The van der Waals surface area contributed by atoms with Crippen LogP contribution in [0.2, 0.25) is 0 Å². The Kier molecular flexibility index (Phi) is 6.66. The fraction of sp³-hybridized carbons (Fsp3) is 0.174. The molecule has 3 aromatic rings. The van der Waals surface area contributed by atoms with Gasteiger partial charge in [-0.15, -0.1) is 11.8 Å². The van der Waals surface area contributed by atoms with E-state index in [0.717, 1.165) is 12.0 Å². The second kappa shape index (κ2) is 9.38. The Morgan fingerprint density at radius 2 is 1.70 bits per heavy atom. The van der Waals surface area contributed by atoms with Crippen LogP contribution in [0.4, 0.5) is 10.1 Å². The molecule has 0 unspecified atom stereocenters. The summed E-state index contributed by atoms with van der Waals surface area (Å²) < 4.78 is 14.6. The van der Waals surface area contributed by atoms with E-state index in [1.807, 2.05) is 42.5 Å². The van der Waals surface area contributed by atoms with Gasteiger partial charge in [0.2, 0.25) is 0 Å². The van der Waals surface area contributed by atoms with E-state index < -0.39 is 0 Å². The summed E-state index contributed by atoms with van der Waals surface area (Å²) >= 11 is 1.45. The SMILES string of the molecule is CCc1ccccc1CNc1cc(F)c(SCc2ccccc2)cc1C=N. The average Bonchev–Trinajstić information content (AvgIpc) is 2.72. The van der Waals surface area contributed by atoms with Crippen LogP contribution in [0.5, 0.6) is 0 Å². The molecular formula is C23H23FN2S. The maximum Gasteiger partial charge on any atom is 0.138 e. The predicted octanol–water partition coefficient (Wildman–Crippen LogP) is 6.29. The van der Waals surface area contributed by atoms with Crippen LogP contribution in [-0.2, 0) is 18.7 Å². The molecule has 0 atom stereocenters. The number of aryl methyl sites for hydroxylation is 1. The van der Waals surface area contributed by atoms with Gasteiger partial charge in [-0.25, -0.2) is 4.39 Å². The third-order valence-corrected chi connectivity index (χ3v) is 5.57. The van der Waals surface area contributed by atoms with Gasteiger partial charge in [-0.2, -0.15) is 0 Å². The summed E-state index contributed by atoms with van der Waals surface area (Å²) in [6.07, 6.45) is 2.23. The number of anilines is 1. The van der Waals surface area contributed by atoms with Gasteiger partial charge in [-0.1, -0.05) is 61.5 Å². The largest absolute Gasteiger partial charge is 0.380 e. The molecule has 0 spiro atoms. The Labute approximate surface area is 164 Å². The number of rotatable bonds is 8. The Morgan fingerprint density at radius 3 is 2.41 bits per heavy atom. The maximum absolute atomic E-state index is 14.6. The highest BCUT2D eigenvalue weighted by Gasteiger charge is 2.10. The first-order valence-corrected chi connectivity index (χ1v) is 10.0. The lowest BCUT2D eigenvalue weighted by atomic mass is 10.1. The van der Waals surface area contributed by atoms with Gasteiger partial charge < -0.3 is 10.7 Å². The van der Waals surface area contributed by atoms with Gasteiger partial charge in [-0.05, 0) is 35.2 Å². The molecule has 0 amide bonds. The van der Waals surface area contributed by atoms with Crippen molar-refractivity contribution >= 4 is 23.7 Å². The van der Waals surface area contributed by atoms with Crippen LogP contribution in [-0.4, -0.2) is 6.21 Å². The van der Waals surface area contributed by atoms with Gasteiger partial charge in [0.15, 0.2) is 0 Å². The molecule has 0 heterocycles. The third-order valence-electron chi connectivity index (χ3n) is 4.47.